The van der Waals surface area contributed by atoms with Crippen molar-refractivity contribution in [2.75, 3.05) is 13.1 Å². The molecule has 1 aliphatic carbocycles. The maximum Gasteiger partial charge on any atom is 0.141 e. The first-order chi connectivity index (χ1) is 9.93. The molecule has 0 radical (unpaired) electrons. The Bertz CT molecular complexity index is 668. The standard InChI is InChI=1S/C16H20N4/c1-2-4-12-13(5-3-1)20-16-14(12)15(18-10-19-16)11-6-8-17-9-7-11/h6,10,17H,1-5,7-9H2,(H,18,19,20). The van der Waals surface area contributed by atoms with Crippen LogP contribution in [0.1, 0.15) is 42.6 Å². The van der Waals surface area contributed by atoms with E-state index in [1.807, 2.05) is 0 Å². The zero-order valence-electron chi connectivity index (χ0n) is 11.7. The lowest BCUT2D eigenvalue weighted by Gasteiger charge is -2.14. The molecule has 0 saturated heterocycles. The number of nitrogens with zero attached hydrogens (tertiary/aromatic N) is 2. The molecule has 0 fully saturated rings. The minimum absolute atomic E-state index is 0.952. The Balaban J connectivity index is 1.92. The van der Waals surface area contributed by atoms with E-state index in [1.54, 1.807) is 6.33 Å². The van der Waals surface area contributed by atoms with Gasteiger partial charge in [-0.15, -0.1) is 0 Å². The third-order valence-corrected chi connectivity index (χ3v) is 4.50. The van der Waals surface area contributed by atoms with E-state index in [4.69, 9.17) is 0 Å². The third-order valence-electron chi connectivity index (χ3n) is 4.50. The van der Waals surface area contributed by atoms with E-state index in [-0.39, 0.29) is 0 Å². The van der Waals surface area contributed by atoms with Crippen molar-refractivity contribution in [3.63, 3.8) is 0 Å². The highest BCUT2D eigenvalue weighted by atomic mass is 14.9. The second-order valence-electron chi connectivity index (χ2n) is 5.77. The summed E-state index contributed by atoms with van der Waals surface area (Å²) in [6, 6.07) is 0. The quantitative estimate of drug-likeness (QED) is 0.782. The number of aromatic nitrogens is 3. The SMILES string of the molecule is C1=C(c2ncnc3[nH]c4c(c23)CCCCC4)CCNC1. The van der Waals surface area contributed by atoms with Gasteiger partial charge in [0.2, 0.25) is 0 Å². The summed E-state index contributed by atoms with van der Waals surface area (Å²) in [5, 5.41) is 4.66. The van der Waals surface area contributed by atoms with Crippen LogP contribution in [0.5, 0.6) is 0 Å². The van der Waals surface area contributed by atoms with Gasteiger partial charge in [0.15, 0.2) is 0 Å². The number of H-pyrrole nitrogens is 1. The average Bonchev–Trinajstić information content (AvgIpc) is 2.70. The Morgan fingerprint density at radius 1 is 1.00 bits per heavy atom. The molecule has 0 spiro atoms. The van der Waals surface area contributed by atoms with Gasteiger partial charge in [0.05, 0.1) is 5.69 Å². The number of nitrogens with one attached hydrogen (secondary N) is 2. The molecule has 0 aromatic carbocycles. The second-order valence-corrected chi connectivity index (χ2v) is 5.77. The first-order valence-electron chi connectivity index (χ1n) is 7.68. The maximum atomic E-state index is 4.61. The molecule has 4 nitrogen and oxygen atoms in total. The van der Waals surface area contributed by atoms with Crippen molar-refractivity contribution in [3.05, 3.63) is 29.4 Å². The Labute approximate surface area is 118 Å². The minimum Gasteiger partial charge on any atom is -0.343 e. The van der Waals surface area contributed by atoms with E-state index in [1.165, 1.54) is 47.9 Å². The fourth-order valence-electron chi connectivity index (χ4n) is 3.49. The number of hydrogen-bond donors (Lipinski definition) is 2. The van der Waals surface area contributed by atoms with Gasteiger partial charge in [0.25, 0.3) is 0 Å². The molecule has 4 rings (SSSR count). The Hall–Kier alpha value is -1.68. The summed E-state index contributed by atoms with van der Waals surface area (Å²) in [4.78, 5) is 12.6. The summed E-state index contributed by atoms with van der Waals surface area (Å²) in [5.41, 5.74) is 6.45. The van der Waals surface area contributed by atoms with Gasteiger partial charge in [0.1, 0.15) is 12.0 Å². The minimum atomic E-state index is 0.952. The Morgan fingerprint density at radius 2 is 1.95 bits per heavy atom. The van der Waals surface area contributed by atoms with Gasteiger partial charge in [-0.25, -0.2) is 9.97 Å². The zero-order chi connectivity index (χ0) is 13.4. The van der Waals surface area contributed by atoms with Crippen molar-refractivity contribution in [2.24, 2.45) is 0 Å². The highest BCUT2D eigenvalue weighted by molar-refractivity contribution is 5.92. The normalized spacial score (nSPS) is 19.5. The lowest BCUT2D eigenvalue weighted by Crippen LogP contribution is -2.20. The van der Waals surface area contributed by atoms with Gasteiger partial charge in [-0.3, -0.25) is 0 Å². The summed E-state index contributed by atoms with van der Waals surface area (Å²) in [6.07, 6.45) is 11.3. The van der Waals surface area contributed by atoms with Crippen LogP contribution in [0.3, 0.4) is 0 Å². The average molecular weight is 268 g/mol. The van der Waals surface area contributed by atoms with Gasteiger partial charge < -0.3 is 10.3 Å². The van der Waals surface area contributed by atoms with Crippen LogP contribution >= 0.6 is 0 Å². The molecule has 1 aliphatic heterocycles. The molecule has 3 heterocycles. The largest absolute Gasteiger partial charge is 0.343 e. The summed E-state index contributed by atoms with van der Waals surface area (Å²) >= 11 is 0. The molecule has 0 amide bonds. The Kier molecular flexibility index (Phi) is 3.03. The van der Waals surface area contributed by atoms with E-state index >= 15 is 0 Å². The van der Waals surface area contributed by atoms with Gasteiger partial charge in [-0.1, -0.05) is 12.5 Å². The van der Waals surface area contributed by atoms with Crippen LogP contribution in [0.2, 0.25) is 0 Å². The number of aromatic amines is 1. The van der Waals surface area contributed by atoms with Crippen LogP contribution in [0.25, 0.3) is 16.6 Å². The van der Waals surface area contributed by atoms with Crippen molar-refractivity contribution in [1.29, 1.82) is 0 Å². The van der Waals surface area contributed by atoms with Gasteiger partial charge >= 0.3 is 0 Å². The molecule has 104 valence electrons. The van der Waals surface area contributed by atoms with E-state index < -0.39 is 0 Å². The number of hydrogen-bond acceptors (Lipinski definition) is 3. The summed E-state index contributed by atoms with van der Waals surface area (Å²) in [5.74, 6) is 0. The summed E-state index contributed by atoms with van der Waals surface area (Å²) < 4.78 is 0. The van der Waals surface area contributed by atoms with Crippen molar-refractivity contribution < 1.29 is 0 Å². The maximum absolute atomic E-state index is 4.61. The fraction of sp³-hybridized carbons (Fsp3) is 0.500. The molecule has 20 heavy (non-hydrogen) atoms. The monoisotopic (exact) mass is 268 g/mol. The molecule has 0 saturated carbocycles. The predicted molar refractivity (Wildman–Crippen MR) is 80.6 cm³/mol. The highest BCUT2D eigenvalue weighted by Crippen LogP contribution is 2.32. The molecule has 4 heteroatoms. The number of fused-ring (bicyclic) bond motifs is 3. The third kappa shape index (κ3) is 1.95. The number of aryl methyl sites for hydroxylation is 2. The van der Waals surface area contributed by atoms with Gasteiger partial charge in [-0.2, -0.15) is 0 Å². The predicted octanol–water partition coefficient (Wildman–Crippen LogP) is 2.60. The molecule has 2 N–H and O–H groups in total. The summed E-state index contributed by atoms with van der Waals surface area (Å²) in [6.45, 7) is 2.00. The molecule has 2 aromatic rings. The fourth-order valence-corrected chi connectivity index (χ4v) is 3.49. The molecular formula is C16H20N4. The highest BCUT2D eigenvalue weighted by Gasteiger charge is 2.20. The van der Waals surface area contributed by atoms with Crippen LogP contribution in [0.4, 0.5) is 0 Å². The molecule has 2 aliphatic rings. The van der Waals surface area contributed by atoms with Crippen molar-refractivity contribution in [1.82, 2.24) is 20.3 Å². The van der Waals surface area contributed by atoms with Crippen molar-refractivity contribution in [2.45, 2.75) is 38.5 Å². The second kappa shape index (κ2) is 5.02. The van der Waals surface area contributed by atoms with E-state index in [0.717, 1.165) is 37.3 Å². The smallest absolute Gasteiger partial charge is 0.141 e. The molecule has 0 atom stereocenters. The van der Waals surface area contributed by atoms with Crippen LogP contribution in [0.15, 0.2) is 12.4 Å². The first-order valence-corrected chi connectivity index (χ1v) is 7.68. The van der Waals surface area contributed by atoms with E-state index in [0.29, 0.717) is 0 Å². The van der Waals surface area contributed by atoms with Crippen molar-refractivity contribution >= 4 is 16.6 Å². The molecule has 2 aromatic heterocycles. The van der Waals surface area contributed by atoms with E-state index in [2.05, 4.69) is 26.3 Å². The topological polar surface area (TPSA) is 53.6 Å². The van der Waals surface area contributed by atoms with Crippen molar-refractivity contribution in [3.8, 4) is 0 Å². The molecule has 0 unspecified atom stereocenters. The van der Waals surface area contributed by atoms with Crippen LogP contribution < -0.4 is 5.32 Å². The van der Waals surface area contributed by atoms with Gasteiger partial charge in [-0.05, 0) is 49.8 Å². The summed E-state index contributed by atoms with van der Waals surface area (Å²) in [7, 11) is 0. The molecular weight excluding hydrogens is 248 g/mol. The van der Waals surface area contributed by atoms with Crippen LogP contribution in [-0.4, -0.2) is 28.0 Å². The zero-order valence-corrected chi connectivity index (χ0v) is 11.7. The van der Waals surface area contributed by atoms with Gasteiger partial charge in [0, 0.05) is 17.6 Å². The van der Waals surface area contributed by atoms with Crippen LogP contribution in [0, 0.1) is 0 Å². The lowest BCUT2D eigenvalue weighted by atomic mass is 9.99. The van der Waals surface area contributed by atoms with Crippen LogP contribution in [-0.2, 0) is 12.8 Å². The lowest BCUT2D eigenvalue weighted by molar-refractivity contribution is 0.708. The Morgan fingerprint density at radius 3 is 2.85 bits per heavy atom. The van der Waals surface area contributed by atoms with E-state index in [9.17, 15) is 0 Å². The molecule has 0 bridgehead atoms. The number of rotatable bonds is 1. The first kappa shape index (κ1) is 12.1.